The Bertz CT molecular complexity index is 1410. The van der Waals surface area contributed by atoms with Crippen molar-refractivity contribution in [2.75, 3.05) is 26.4 Å². The minimum atomic E-state index is -0.378. The third kappa shape index (κ3) is 24.5. The largest absolute Gasteiger partial charge is 0.512 e. The summed E-state index contributed by atoms with van der Waals surface area (Å²) in [6.07, 6.45) is 14.6. The fraction of sp³-hybridized carbons (Fsp3) is 0.400. The minimum absolute atomic E-state index is 0. The van der Waals surface area contributed by atoms with Crippen LogP contribution in [0.5, 0.6) is 11.5 Å². The monoisotopic (exact) mass is 773 g/mol. The van der Waals surface area contributed by atoms with Gasteiger partial charge in [-0.1, -0.05) is 51.7 Å². The molecular formula is C40H54CuO11+2. The summed E-state index contributed by atoms with van der Waals surface area (Å²) in [5.41, 5.74) is 1.20. The van der Waals surface area contributed by atoms with Crippen molar-refractivity contribution in [1.82, 2.24) is 0 Å². The Kier molecular flexibility index (Phi) is 27.3. The third-order valence-corrected chi connectivity index (χ3v) is 6.90. The Labute approximate surface area is 317 Å². The van der Waals surface area contributed by atoms with Crippen LogP contribution < -0.4 is 9.62 Å². The number of aliphatic hydroxyl groups is 2. The second-order valence-electron chi connectivity index (χ2n) is 11.4. The summed E-state index contributed by atoms with van der Waals surface area (Å²) in [4.78, 5) is 51.5. The van der Waals surface area contributed by atoms with Gasteiger partial charge in [0.05, 0.1) is 61.2 Å². The van der Waals surface area contributed by atoms with Gasteiger partial charge in [-0.25, -0.2) is 9.59 Å². The van der Waals surface area contributed by atoms with Crippen LogP contribution >= 0.6 is 0 Å². The maximum Gasteiger partial charge on any atom is 0.350 e. The molecule has 2 aromatic carbocycles. The zero-order valence-corrected chi connectivity index (χ0v) is 31.1. The van der Waals surface area contributed by atoms with E-state index in [0.717, 1.165) is 70.0 Å². The number of carbonyl (C=O) groups is 2. The first-order valence-electron chi connectivity index (χ1n) is 17.1. The topological polar surface area (TPSA) is 164 Å². The zero-order chi connectivity index (χ0) is 37.7. The molecule has 1 radical (unpaired) electrons. The van der Waals surface area contributed by atoms with Gasteiger partial charge in [0.1, 0.15) is 5.75 Å². The number of hydrogen-bond acceptors (Lipinski definition) is 9. The summed E-state index contributed by atoms with van der Waals surface area (Å²) >= 11 is 0. The molecule has 0 aliphatic rings. The zero-order valence-electron chi connectivity index (χ0n) is 30.2. The molecule has 2 rings (SSSR count). The van der Waals surface area contributed by atoms with Crippen LogP contribution in [0.15, 0.2) is 97.5 Å². The SMILES string of the molecule is C=CC(=O)OCCCCCCCOOc1ccc(C(=[OH+])/C=C(/C)O)cc1.C=CC(=O)OCCCCCCCOc1ccc(C(=[OH+])/C=C(/C)O)cc1.[Cu]. The maximum atomic E-state index is 10.8. The summed E-state index contributed by atoms with van der Waals surface area (Å²) in [5, 5.41) is 18.3. The second-order valence-corrected chi connectivity index (χ2v) is 11.4. The van der Waals surface area contributed by atoms with E-state index >= 15 is 0 Å². The summed E-state index contributed by atoms with van der Waals surface area (Å²) in [6, 6.07) is 13.8. The van der Waals surface area contributed by atoms with Crippen molar-refractivity contribution in [3.63, 3.8) is 0 Å². The Morgan fingerprint density at radius 3 is 1.37 bits per heavy atom. The molecule has 52 heavy (non-hydrogen) atoms. The number of ketones is 2. The summed E-state index contributed by atoms with van der Waals surface area (Å²) in [7, 11) is 0. The molecule has 0 atom stereocenters. The number of allylic oxidation sites excluding steroid dienone is 4. The van der Waals surface area contributed by atoms with Gasteiger partial charge >= 0.3 is 23.5 Å². The van der Waals surface area contributed by atoms with Crippen molar-refractivity contribution in [1.29, 1.82) is 0 Å². The van der Waals surface area contributed by atoms with Crippen LogP contribution in [0.2, 0.25) is 0 Å². The molecule has 0 spiro atoms. The number of carbonyl (C=O) groups excluding carboxylic acids is 4. The molecular weight excluding hydrogens is 720 g/mol. The van der Waals surface area contributed by atoms with E-state index in [1.807, 2.05) is 0 Å². The van der Waals surface area contributed by atoms with Crippen molar-refractivity contribution < 1.29 is 70.4 Å². The van der Waals surface area contributed by atoms with Gasteiger partial charge in [0, 0.05) is 29.2 Å². The fourth-order valence-electron chi connectivity index (χ4n) is 4.26. The normalized spacial score (nSPS) is 10.8. The maximum absolute atomic E-state index is 10.8. The van der Waals surface area contributed by atoms with E-state index in [-0.39, 0.29) is 52.1 Å². The van der Waals surface area contributed by atoms with E-state index in [9.17, 15) is 19.2 Å². The quantitative estimate of drug-likeness (QED) is 0.0117. The molecule has 4 N–H and O–H groups in total. The van der Waals surface area contributed by atoms with Crippen LogP contribution in [0.3, 0.4) is 0 Å². The van der Waals surface area contributed by atoms with Crippen molar-refractivity contribution >= 4 is 23.5 Å². The molecule has 0 aromatic heterocycles. The number of rotatable bonds is 25. The number of esters is 2. The molecule has 2 aromatic rings. The Morgan fingerprint density at radius 1 is 0.596 bits per heavy atom. The summed E-state index contributed by atoms with van der Waals surface area (Å²) in [5.74, 6) is 0.625. The van der Waals surface area contributed by atoms with Gasteiger partial charge < -0.3 is 29.3 Å². The summed E-state index contributed by atoms with van der Waals surface area (Å²) in [6.45, 7) is 11.7. The molecule has 0 unspecified atom stereocenters. The van der Waals surface area contributed by atoms with Gasteiger partial charge in [-0.15, -0.1) is 0 Å². The standard InChI is InChI=1S/C20H26O6.C20H26O5.Cu/c1-3-20(23)24-13-7-5-4-6-8-14-25-26-18-11-9-17(10-12-18)19(22)15-16(2)21;1-3-20(23)25-14-8-6-4-5-7-13-24-18-11-9-17(10-12-18)19(22)15-16(2)21;/h3,9-12,15,21H,1,4-8,13-14H2,2H3;3,9-12,15,21H,1,4-8,13-14H2,2H3;/p+2/b2*16-15-;. The average Bonchev–Trinajstić information content (AvgIpc) is 3.11. The van der Waals surface area contributed by atoms with Crippen LogP contribution in [-0.4, -0.2) is 69.7 Å². The third-order valence-electron chi connectivity index (χ3n) is 6.90. The molecule has 289 valence electrons. The van der Waals surface area contributed by atoms with Crippen molar-refractivity contribution in [3.8, 4) is 11.5 Å². The molecule has 0 aliphatic heterocycles. The molecule has 0 aliphatic carbocycles. The Hall–Kier alpha value is -4.64. The van der Waals surface area contributed by atoms with Crippen molar-refractivity contribution in [2.24, 2.45) is 0 Å². The molecule has 0 heterocycles. The van der Waals surface area contributed by atoms with Gasteiger partial charge in [0.25, 0.3) is 0 Å². The van der Waals surface area contributed by atoms with Crippen LogP contribution in [0, 0.1) is 0 Å². The van der Waals surface area contributed by atoms with Gasteiger partial charge in [-0.2, -0.15) is 4.89 Å². The van der Waals surface area contributed by atoms with E-state index in [4.69, 9.17) is 34.2 Å². The first-order chi connectivity index (χ1) is 24.5. The van der Waals surface area contributed by atoms with Gasteiger partial charge in [0.2, 0.25) is 0 Å². The second kappa shape index (κ2) is 30.0. The molecule has 0 bridgehead atoms. The molecule has 11 nitrogen and oxygen atoms in total. The van der Waals surface area contributed by atoms with Crippen molar-refractivity contribution in [3.05, 3.63) is 109 Å². The number of unbranched alkanes of at least 4 members (excludes halogenated alkanes) is 8. The van der Waals surface area contributed by atoms with Crippen LogP contribution in [-0.2, 0) is 41.0 Å². The fourth-order valence-corrected chi connectivity index (χ4v) is 4.26. The molecule has 0 saturated carbocycles. The molecule has 0 fully saturated rings. The smallest absolute Gasteiger partial charge is 0.350 e. The average molecular weight is 774 g/mol. The van der Waals surface area contributed by atoms with Crippen molar-refractivity contribution in [2.45, 2.75) is 78.1 Å². The molecule has 0 amide bonds. The first-order valence-corrected chi connectivity index (χ1v) is 17.1. The Balaban J connectivity index is 0.000000982. The van der Waals surface area contributed by atoms with E-state index < -0.39 is 0 Å². The van der Waals surface area contributed by atoms with Gasteiger partial charge in [-0.05, 0) is 88.1 Å². The number of benzene rings is 2. The van der Waals surface area contributed by atoms with Crippen LogP contribution in [0.4, 0.5) is 0 Å². The minimum Gasteiger partial charge on any atom is -0.512 e. The van der Waals surface area contributed by atoms with E-state index in [1.54, 1.807) is 48.5 Å². The molecule has 0 saturated heterocycles. The number of hydrogen-bond donors (Lipinski definition) is 2. The van der Waals surface area contributed by atoms with E-state index in [0.29, 0.717) is 43.3 Å². The molecule has 12 heteroatoms. The predicted molar refractivity (Wildman–Crippen MR) is 198 cm³/mol. The van der Waals surface area contributed by atoms with E-state index in [1.165, 1.54) is 38.2 Å². The van der Waals surface area contributed by atoms with Gasteiger partial charge in [-0.3, -0.25) is 9.59 Å². The van der Waals surface area contributed by atoms with E-state index in [2.05, 4.69) is 13.2 Å². The predicted octanol–water partition coefficient (Wildman–Crippen LogP) is 8.13. The van der Waals surface area contributed by atoms with Crippen LogP contribution in [0.1, 0.15) is 89.2 Å². The first kappa shape index (κ1) is 47.4. The number of aliphatic hydroxyl groups excluding tert-OH is 2. The van der Waals surface area contributed by atoms with Crippen LogP contribution in [0.25, 0.3) is 0 Å². The Morgan fingerprint density at radius 2 is 0.962 bits per heavy atom. The number of ether oxygens (including phenoxy) is 3. The summed E-state index contributed by atoms with van der Waals surface area (Å²) < 4.78 is 15.5. The van der Waals surface area contributed by atoms with Gasteiger partial charge in [0.15, 0.2) is 5.75 Å².